The lowest BCUT2D eigenvalue weighted by molar-refractivity contribution is 0.579. The summed E-state index contributed by atoms with van der Waals surface area (Å²) in [6, 6.07) is 2.12. The van der Waals surface area contributed by atoms with Crippen LogP contribution in [0.4, 0.5) is 5.82 Å². The van der Waals surface area contributed by atoms with Crippen molar-refractivity contribution >= 4 is 5.82 Å². The Bertz CT molecular complexity index is 563. The van der Waals surface area contributed by atoms with Crippen molar-refractivity contribution in [2.24, 2.45) is 7.05 Å². The summed E-state index contributed by atoms with van der Waals surface area (Å²) in [5.41, 5.74) is 9.22. The van der Waals surface area contributed by atoms with E-state index in [0.29, 0.717) is 18.3 Å². The molecule has 0 saturated heterocycles. The minimum Gasteiger partial charge on any atom is -0.381 e. The molecule has 1 aliphatic rings. The Morgan fingerprint density at radius 1 is 1.44 bits per heavy atom. The van der Waals surface area contributed by atoms with Gasteiger partial charge >= 0.3 is 0 Å². The molecular weight excluding hydrogens is 228 g/mol. The van der Waals surface area contributed by atoms with E-state index in [9.17, 15) is 0 Å². The molecule has 1 fully saturated rings. The zero-order chi connectivity index (χ0) is 12.7. The lowest BCUT2D eigenvalue weighted by atomic mass is 10.2. The predicted molar refractivity (Wildman–Crippen MR) is 68.1 cm³/mol. The fraction of sp³-hybridized carbons (Fsp3) is 0.583. The van der Waals surface area contributed by atoms with Gasteiger partial charge in [0, 0.05) is 13.0 Å². The molecule has 0 bridgehead atoms. The normalized spacial score (nSPS) is 15.2. The maximum absolute atomic E-state index is 5.89. The fourth-order valence-electron chi connectivity index (χ4n) is 2.27. The summed E-state index contributed by atoms with van der Waals surface area (Å²) < 4.78 is 3.83. The van der Waals surface area contributed by atoms with E-state index < -0.39 is 0 Å². The highest BCUT2D eigenvalue weighted by Gasteiger charge is 2.30. The molecule has 0 spiro atoms. The number of rotatable bonds is 4. The minimum absolute atomic E-state index is 0.555. The van der Waals surface area contributed by atoms with Crippen LogP contribution in [0.1, 0.15) is 42.8 Å². The molecule has 96 valence electrons. The molecule has 2 heterocycles. The minimum atomic E-state index is 0.555. The van der Waals surface area contributed by atoms with Crippen molar-refractivity contribution in [1.82, 2.24) is 24.8 Å². The second kappa shape index (κ2) is 4.12. The largest absolute Gasteiger partial charge is 0.381 e. The summed E-state index contributed by atoms with van der Waals surface area (Å²) in [5.74, 6) is 1.13. The number of aryl methyl sites for hydroxylation is 2. The molecule has 0 aliphatic heterocycles. The Morgan fingerprint density at radius 2 is 2.22 bits per heavy atom. The molecular formula is C12H18N6. The molecule has 0 aromatic carbocycles. The highest BCUT2D eigenvalue weighted by molar-refractivity contribution is 5.38. The highest BCUT2D eigenvalue weighted by Crippen LogP contribution is 2.42. The Kier molecular flexibility index (Phi) is 2.57. The Hall–Kier alpha value is -1.85. The van der Waals surface area contributed by atoms with Crippen LogP contribution in [-0.2, 0) is 20.0 Å². The quantitative estimate of drug-likeness (QED) is 0.876. The van der Waals surface area contributed by atoms with E-state index in [1.165, 1.54) is 12.8 Å². The van der Waals surface area contributed by atoms with Gasteiger partial charge in [0.1, 0.15) is 0 Å². The maximum atomic E-state index is 5.89. The van der Waals surface area contributed by atoms with Gasteiger partial charge in [-0.2, -0.15) is 5.10 Å². The van der Waals surface area contributed by atoms with Crippen LogP contribution in [0.2, 0.25) is 0 Å². The first-order chi connectivity index (χ1) is 8.69. The van der Waals surface area contributed by atoms with Crippen molar-refractivity contribution in [3.63, 3.8) is 0 Å². The second-order valence-electron chi connectivity index (χ2n) is 4.90. The molecule has 6 heteroatoms. The molecule has 1 aliphatic carbocycles. The van der Waals surface area contributed by atoms with Gasteiger partial charge in [-0.25, -0.2) is 4.68 Å². The number of hydrogen-bond acceptors (Lipinski definition) is 4. The van der Waals surface area contributed by atoms with E-state index >= 15 is 0 Å². The van der Waals surface area contributed by atoms with E-state index in [2.05, 4.69) is 28.4 Å². The zero-order valence-corrected chi connectivity index (χ0v) is 10.8. The molecule has 1 saturated carbocycles. The highest BCUT2D eigenvalue weighted by atomic mass is 15.5. The van der Waals surface area contributed by atoms with Gasteiger partial charge in [0.05, 0.1) is 23.6 Å². The molecule has 0 radical (unpaired) electrons. The number of anilines is 1. The molecule has 18 heavy (non-hydrogen) atoms. The summed E-state index contributed by atoms with van der Waals surface area (Å²) in [5, 5.41) is 12.6. The Balaban J connectivity index is 1.89. The predicted octanol–water partition coefficient (Wildman–Crippen LogP) is 1.08. The van der Waals surface area contributed by atoms with Crippen LogP contribution in [0, 0.1) is 0 Å². The van der Waals surface area contributed by atoms with Crippen LogP contribution in [0.3, 0.4) is 0 Å². The molecule has 6 nitrogen and oxygen atoms in total. The number of nitrogens with two attached hydrogens (primary N) is 1. The van der Waals surface area contributed by atoms with Crippen molar-refractivity contribution < 1.29 is 0 Å². The molecule has 0 amide bonds. The van der Waals surface area contributed by atoms with E-state index in [1.54, 1.807) is 0 Å². The third-order valence-corrected chi connectivity index (χ3v) is 3.47. The number of hydrogen-bond donors (Lipinski definition) is 1. The lowest BCUT2D eigenvalue weighted by Crippen LogP contribution is -2.10. The number of aromatic nitrogens is 5. The molecule has 2 aromatic heterocycles. The fourth-order valence-corrected chi connectivity index (χ4v) is 2.27. The van der Waals surface area contributed by atoms with Crippen LogP contribution in [0.5, 0.6) is 0 Å². The first kappa shape index (κ1) is 11.3. The van der Waals surface area contributed by atoms with E-state index in [4.69, 9.17) is 5.73 Å². The molecule has 2 aromatic rings. The van der Waals surface area contributed by atoms with Crippen molar-refractivity contribution in [1.29, 1.82) is 0 Å². The van der Waals surface area contributed by atoms with Gasteiger partial charge in [-0.05, 0) is 25.3 Å². The van der Waals surface area contributed by atoms with Crippen LogP contribution in [-0.4, -0.2) is 24.8 Å². The standard InChI is InChI=1S/C12H18N6/c1-3-9-6-10(17(2)15-9)7-18-11(8-4-5-8)12(13)14-16-18/h6,8H,3-5,7,13H2,1-2H3. The van der Waals surface area contributed by atoms with Gasteiger partial charge in [-0.15, -0.1) is 5.10 Å². The molecule has 0 atom stereocenters. The van der Waals surface area contributed by atoms with Gasteiger partial charge in [-0.3, -0.25) is 4.68 Å². The summed E-state index contributed by atoms with van der Waals surface area (Å²) >= 11 is 0. The van der Waals surface area contributed by atoms with Crippen LogP contribution >= 0.6 is 0 Å². The summed E-state index contributed by atoms with van der Waals surface area (Å²) in [7, 11) is 1.96. The second-order valence-corrected chi connectivity index (χ2v) is 4.90. The lowest BCUT2D eigenvalue weighted by Gasteiger charge is -2.05. The van der Waals surface area contributed by atoms with Gasteiger partial charge in [0.15, 0.2) is 5.82 Å². The molecule has 2 N–H and O–H groups in total. The average molecular weight is 246 g/mol. The van der Waals surface area contributed by atoms with Crippen molar-refractivity contribution in [3.8, 4) is 0 Å². The van der Waals surface area contributed by atoms with Crippen molar-refractivity contribution in [2.45, 2.75) is 38.6 Å². The Labute approximate surface area is 106 Å². The number of nitrogens with zero attached hydrogens (tertiary/aromatic N) is 5. The third kappa shape index (κ3) is 1.87. The van der Waals surface area contributed by atoms with E-state index in [-0.39, 0.29) is 0 Å². The van der Waals surface area contributed by atoms with Crippen LogP contribution in [0.15, 0.2) is 6.07 Å². The van der Waals surface area contributed by atoms with Gasteiger partial charge < -0.3 is 5.73 Å². The van der Waals surface area contributed by atoms with Gasteiger partial charge in [0.25, 0.3) is 0 Å². The topological polar surface area (TPSA) is 74.6 Å². The van der Waals surface area contributed by atoms with Gasteiger partial charge in [-0.1, -0.05) is 12.1 Å². The first-order valence-electron chi connectivity index (χ1n) is 6.39. The molecule has 3 rings (SSSR count). The summed E-state index contributed by atoms with van der Waals surface area (Å²) in [4.78, 5) is 0. The summed E-state index contributed by atoms with van der Waals surface area (Å²) in [6.45, 7) is 2.80. The van der Waals surface area contributed by atoms with Crippen molar-refractivity contribution in [3.05, 3.63) is 23.1 Å². The van der Waals surface area contributed by atoms with Gasteiger partial charge in [0.2, 0.25) is 0 Å². The first-order valence-corrected chi connectivity index (χ1v) is 6.39. The zero-order valence-electron chi connectivity index (χ0n) is 10.8. The smallest absolute Gasteiger partial charge is 0.169 e. The van der Waals surface area contributed by atoms with E-state index in [0.717, 1.165) is 23.5 Å². The number of nitrogen functional groups attached to an aromatic ring is 1. The third-order valence-electron chi connectivity index (χ3n) is 3.47. The molecule has 0 unspecified atom stereocenters. The average Bonchev–Trinajstić information content (AvgIpc) is 3.03. The summed E-state index contributed by atoms with van der Waals surface area (Å²) in [6.07, 6.45) is 3.34. The maximum Gasteiger partial charge on any atom is 0.169 e. The Morgan fingerprint density at radius 3 is 2.83 bits per heavy atom. The SMILES string of the molecule is CCc1cc(Cn2nnc(N)c2C2CC2)n(C)n1. The van der Waals surface area contributed by atoms with E-state index in [1.807, 2.05) is 16.4 Å². The van der Waals surface area contributed by atoms with Crippen LogP contribution in [0.25, 0.3) is 0 Å². The van der Waals surface area contributed by atoms with Crippen molar-refractivity contribution in [2.75, 3.05) is 5.73 Å². The monoisotopic (exact) mass is 246 g/mol. The van der Waals surface area contributed by atoms with Crippen LogP contribution < -0.4 is 5.73 Å².